The maximum atomic E-state index is 13.3. The summed E-state index contributed by atoms with van der Waals surface area (Å²) in [6, 6.07) is 5.35. The van der Waals surface area contributed by atoms with Gasteiger partial charge in [0, 0.05) is 39.1 Å². The number of nitrogens with zero attached hydrogens (tertiary/aromatic N) is 4. The quantitative estimate of drug-likeness (QED) is 0.444. The first-order valence-electron chi connectivity index (χ1n) is 12.9. The van der Waals surface area contributed by atoms with E-state index in [1.54, 1.807) is 41.6 Å². The van der Waals surface area contributed by atoms with Crippen molar-refractivity contribution in [2.45, 2.75) is 63.1 Å². The van der Waals surface area contributed by atoms with Gasteiger partial charge in [0.1, 0.15) is 22.9 Å². The second-order valence-corrected chi connectivity index (χ2v) is 10.1. The molecule has 3 N–H and O–H groups in total. The number of carbonyl (C=O) groups excluding carboxylic acids is 1. The summed E-state index contributed by atoms with van der Waals surface area (Å²) in [5, 5.41) is 13.8. The third-order valence-corrected chi connectivity index (χ3v) is 7.50. The molecule has 5 rings (SSSR count). The number of hydrogen-bond donors (Lipinski definition) is 3. The van der Waals surface area contributed by atoms with Crippen LogP contribution in [0.15, 0.2) is 35.4 Å². The van der Waals surface area contributed by atoms with Gasteiger partial charge in [0.25, 0.3) is 11.5 Å². The molecule has 3 aromatic heterocycles. The molecule has 1 saturated heterocycles. The zero-order chi connectivity index (χ0) is 26.0. The number of fused-ring (bicyclic) bond motifs is 1. The van der Waals surface area contributed by atoms with E-state index in [0.29, 0.717) is 35.1 Å². The van der Waals surface area contributed by atoms with Gasteiger partial charge in [-0.2, -0.15) is 9.61 Å². The number of amides is 1. The van der Waals surface area contributed by atoms with Crippen LogP contribution in [0.2, 0.25) is 0 Å². The molecule has 3 aromatic rings. The fraction of sp³-hybridized carbons (Fsp3) is 0.538. The van der Waals surface area contributed by atoms with Gasteiger partial charge >= 0.3 is 0 Å². The number of carbonyl (C=O) groups is 1. The van der Waals surface area contributed by atoms with Crippen molar-refractivity contribution in [1.82, 2.24) is 24.5 Å². The molecule has 0 radical (unpaired) electrons. The molecule has 1 amide bonds. The molecule has 198 valence electrons. The van der Waals surface area contributed by atoms with E-state index in [4.69, 9.17) is 9.47 Å². The predicted octanol–water partition coefficient (Wildman–Crippen LogP) is 3.11. The van der Waals surface area contributed by atoms with Gasteiger partial charge in [0.05, 0.1) is 24.4 Å². The van der Waals surface area contributed by atoms with Gasteiger partial charge < -0.3 is 30.0 Å². The van der Waals surface area contributed by atoms with E-state index < -0.39 is 0 Å². The fourth-order valence-corrected chi connectivity index (χ4v) is 5.36. The molecule has 11 heteroatoms. The number of pyridine rings is 1. The van der Waals surface area contributed by atoms with Crippen molar-refractivity contribution < 1.29 is 14.3 Å². The lowest BCUT2D eigenvalue weighted by atomic mass is 9.83. The van der Waals surface area contributed by atoms with Crippen molar-refractivity contribution in [2.75, 3.05) is 38.0 Å². The Labute approximate surface area is 215 Å². The van der Waals surface area contributed by atoms with Crippen molar-refractivity contribution >= 4 is 28.9 Å². The Kier molecular flexibility index (Phi) is 7.16. The lowest BCUT2D eigenvalue weighted by molar-refractivity contribution is -0.0314. The van der Waals surface area contributed by atoms with Crippen LogP contribution >= 0.6 is 0 Å². The number of methoxy groups -OCH3 is 1. The Balaban J connectivity index is 1.42. The molecule has 3 atom stereocenters. The summed E-state index contributed by atoms with van der Waals surface area (Å²) in [7, 11) is 3.49. The summed E-state index contributed by atoms with van der Waals surface area (Å²) < 4.78 is 14.6. The fourth-order valence-electron chi connectivity index (χ4n) is 5.36. The first-order chi connectivity index (χ1) is 17.9. The second kappa shape index (κ2) is 10.5. The molecule has 0 unspecified atom stereocenters. The minimum absolute atomic E-state index is 0.0104. The zero-order valence-corrected chi connectivity index (χ0v) is 21.6. The highest BCUT2D eigenvalue weighted by Crippen LogP contribution is 2.31. The maximum Gasteiger partial charge on any atom is 0.274 e. The molecule has 1 aliphatic heterocycles. The van der Waals surface area contributed by atoms with Gasteiger partial charge in [-0.05, 0) is 57.6 Å². The summed E-state index contributed by atoms with van der Waals surface area (Å²) in [6.07, 6.45) is 8.76. The van der Waals surface area contributed by atoms with E-state index in [1.807, 2.05) is 6.07 Å². The number of hydrogen-bond acceptors (Lipinski definition) is 8. The SMILES string of the molecule is CNc1cc(Nc2cccn([C@@H]3CCCOC3)c2=O)nc2c(C(=O)N[C@H]3CCC[C@](C)(OC)C3)cnn12. The average molecular weight is 510 g/mol. The highest BCUT2D eigenvalue weighted by Gasteiger charge is 2.33. The Morgan fingerprint density at radius 2 is 2.16 bits per heavy atom. The highest BCUT2D eigenvalue weighted by molar-refractivity contribution is 6.00. The lowest BCUT2D eigenvalue weighted by Crippen LogP contribution is -2.45. The van der Waals surface area contributed by atoms with E-state index in [1.165, 1.54) is 6.20 Å². The number of nitrogens with one attached hydrogen (secondary N) is 3. The maximum absolute atomic E-state index is 13.3. The molecule has 4 heterocycles. The zero-order valence-electron chi connectivity index (χ0n) is 21.6. The van der Waals surface area contributed by atoms with Crippen LogP contribution in [0.1, 0.15) is 61.8 Å². The number of ether oxygens (including phenoxy) is 2. The minimum Gasteiger partial charge on any atom is -0.379 e. The molecule has 0 spiro atoms. The summed E-state index contributed by atoms with van der Waals surface area (Å²) in [5.74, 6) is 0.838. The van der Waals surface area contributed by atoms with Crippen molar-refractivity contribution in [1.29, 1.82) is 0 Å². The van der Waals surface area contributed by atoms with Crippen molar-refractivity contribution in [2.24, 2.45) is 0 Å². The molecule has 37 heavy (non-hydrogen) atoms. The van der Waals surface area contributed by atoms with Crippen LogP contribution in [0, 0.1) is 0 Å². The number of aromatic nitrogens is 4. The largest absolute Gasteiger partial charge is 0.379 e. The first kappa shape index (κ1) is 25.2. The van der Waals surface area contributed by atoms with Crippen molar-refractivity contribution in [3.8, 4) is 0 Å². The first-order valence-corrected chi connectivity index (χ1v) is 12.9. The van der Waals surface area contributed by atoms with Crippen LogP contribution in [0.3, 0.4) is 0 Å². The average Bonchev–Trinajstić information content (AvgIpc) is 3.34. The van der Waals surface area contributed by atoms with Crippen LogP contribution in [0.4, 0.5) is 17.3 Å². The van der Waals surface area contributed by atoms with Gasteiger partial charge in [-0.15, -0.1) is 0 Å². The van der Waals surface area contributed by atoms with E-state index >= 15 is 0 Å². The van der Waals surface area contributed by atoms with Crippen molar-refractivity contribution in [3.63, 3.8) is 0 Å². The Morgan fingerprint density at radius 3 is 2.92 bits per heavy atom. The van der Waals surface area contributed by atoms with Gasteiger partial charge in [-0.3, -0.25) is 9.59 Å². The summed E-state index contributed by atoms with van der Waals surface area (Å²) in [4.78, 5) is 31.2. The van der Waals surface area contributed by atoms with E-state index in [9.17, 15) is 9.59 Å². The number of anilines is 3. The molecule has 1 saturated carbocycles. The molecule has 2 fully saturated rings. The monoisotopic (exact) mass is 509 g/mol. The van der Waals surface area contributed by atoms with Crippen LogP contribution in [0.5, 0.6) is 0 Å². The Bertz CT molecular complexity index is 1330. The van der Waals surface area contributed by atoms with Crippen LogP contribution in [-0.4, -0.2) is 64.1 Å². The van der Waals surface area contributed by atoms with Crippen LogP contribution in [0.25, 0.3) is 5.65 Å². The lowest BCUT2D eigenvalue weighted by Gasteiger charge is -2.37. The third kappa shape index (κ3) is 5.19. The topological polar surface area (TPSA) is 124 Å². The van der Waals surface area contributed by atoms with Gasteiger partial charge in [-0.1, -0.05) is 0 Å². The number of rotatable bonds is 7. The molecule has 0 aromatic carbocycles. The van der Waals surface area contributed by atoms with Crippen LogP contribution in [-0.2, 0) is 9.47 Å². The summed E-state index contributed by atoms with van der Waals surface area (Å²) in [5.41, 5.74) is 0.788. The third-order valence-electron chi connectivity index (χ3n) is 7.50. The Morgan fingerprint density at radius 1 is 1.30 bits per heavy atom. The van der Waals surface area contributed by atoms with E-state index in [-0.39, 0.29) is 29.2 Å². The molecule has 11 nitrogen and oxygen atoms in total. The van der Waals surface area contributed by atoms with Gasteiger partial charge in [0.2, 0.25) is 0 Å². The van der Waals surface area contributed by atoms with Gasteiger partial charge in [0.15, 0.2) is 5.65 Å². The van der Waals surface area contributed by atoms with E-state index in [0.717, 1.165) is 45.1 Å². The predicted molar refractivity (Wildman–Crippen MR) is 141 cm³/mol. The summed E-state index contributed by atoms with van der Waals surface area (Å²) in [6.45, 7) is 3.34. The standard InChI is InChI=1S/C26H35N7O4/c1-26(36-3)10-4-7-17(14-26)29-24(34)19-15-28-33-22(27-2)13-21(31-23(19)33)30-20-9-5-11-32(25(20)35)18-8-6-12-37-16-18/h5,9,11,13,15,17-18,27H,4,6-8,10,12,14,16H2,1-3H3,(H,29,34)(H,30,31)/t17-,18+,26-/m0/s1. The van der Waals surface area contributed by atoms with E-state index in [2.05, 4.69) is 33.0 Å². The van der Waals surface area contributed by atoms with Crippen molar-refractivity contribution in [3.05, 3.63) is 46.5 Å². The Hall–Kier alpha value is -3.44. The minimum atomic E-state index is -0.238. The smallest absolute Gasteiger partial charge is 0.274 e. The normalized spacial score (nSPS) is 24.1. The van der Waals surface area contributed by atoms with Gasteiger partial charge in [-0.25, -0.2) is 4.98 Å². The molecular formula is C26H35N7O4. The highest BCUT2D eigenvalue weighted by atomic mass is 16.5. The second-order valence-electron chi connectivity index (χ2n) is 10.1. The molecular weight excluding hydrogens is 474 g/mol. The summed E-state index contributed by atoms with van der Waals surface area (Å²) >= 11 is 0. The van der Waals surface area contributed by atoms with Crippen LogP contribution < -0.4 is 21.5 Å². The molecule has 1 aliphatic carbocycles. The molecule has 0 bridgehead atoms. The molecule has 2 aliphatic rings.